The molecule has 1 aromatic heterocycles. The molecular weight excluding hydrogens is 546 g/mol. The third-order valence-corrected chi connectivity index (χ3v) is 6.74. The van der Waals surface area contributed by atoms with E-state index in [1.54, 1.807) is 24.3 Å². The first kappa shape index (κ1) is 30.1. The third-order valence-electron chi connectivity index (χ3n) is 6.74. The molecule has 1 aliphatic rings. The highest BCUT2D eigenvalue weighted by molar-refractivity contribution is 6.04. The summed E-state index contributed by atoms with van der Waals surface area (Å²) >= 11 is 0. The summed E-state index contributed by atoms with van der Waals surface area (Å²) in [4.78, 5) is 53.7. The van der Waals surface area contributed by atoms with Crippen LogP contribution in [0.2, 0.25) is 0 Å². The fourth-order valence-corrected chi connectivity index (χ4v) is 4.61. The molecule has 0 radical (unpaired) electrons. The molecule has 0 spiro atoms. The van der Waals surface area contributed by atoms with Gasteiger partial charge in [-0.3, -0.25) is 19.3 Å². The highest BCUT2D eigenvalue weighted by atomic mass is 16.5. The van der Waals surface area contributed by atoms with Crippen LogP contribution in [0.5, 0.6) is 11.5 Å². The predicted molar refractivity (Wildman–Crippen MR) is 151 cm³/mol. The number of furan rings is 1. The molecule has 12 heteroatoms. The number of rotatable bonds is 12. The Hall–Kier alpha value is -4.84. The van der Waals surface area contributed by atoms with E-state index in [-0.39, 0.29) is 24.0 Å². The summed E-state index contributed by atoms with van der Waals surface area (Å²) in [6, 6.07) is 12.7. The van der Waals surface area contributed by atoms with E-state index in [0.717, 1.165) is 12.8 Å². The van der Waals surface area contributed by atoms with Crippen molar-refractivity contribution in [3.05, 3.63) is 77.7 Å². The molecule has 2 N–H and O–H groups in total. The molecule has 0 unspecified atom stereocenters. The topological polar surface area (TPSA) is 146 Å². The van der Waals surface area contributed by atoms with Gasteiger partial charge in [0.2, 0.25) is 11.8 Å². The van der Waals surface area contributed by atoms with Crippen LogP contribution in [0.15, 0.2) is 65.3 Å². The van der Waals surface area contributed by atoms with Gasteiger partial charge in [-0.05, 0) is 66.9 Å². The molecule has 1 aliphatic heterocycles. The van der Waals surface area contributed by atoms with Crippen molar-refractivity contribution in [2.45, 2.75) is 25.0 Å². The Labute approximate surface area is 242 Å². The van der Waals surface area contributed by atoms with Gasteiger partial charge in [0.05, 0.1) is 45.8 Å². The minimum absolute atomic E-state index is 0.0301. The van der Waals surface area contributed by atoms with Gasteiger partial charge < -0.3 is 34.0 Å². The van der Waals surface area contributed by atoms with Gasteiger partial charge in [-0.2, -0.15) is 0 Å². The monoisotopic (exact) mass is 579 g/mol. The second kappa shape index (κ2) is 14.2. The second-order valence-electron chi connectivity index (χ2n) is 9.36. The van der Waals surface area contributed by atoms with E-state index in [4.69, 9.17) is 23.4 Å². The van der Waals surface area contributed by atoms with Gasteiger partial charge >= 0.3 is 5.97 Å². The SMILES string of the molecule is COC(=O)c1ccc(N(C(=O)CNC(=O)c2ccco2)[C@@H](C(=O)NC[C@H]2CCCO2)c2ccc(OC)c(OC)c2)cc1. The quantitative estimate of drug-likeness (QED) is 0.309. The average molecular weight is 580 g/mol. The lowest BCUT2D eigenvalue weighted by Crippen LogP contribution is -2.48. The number of nitrogens with zero attached hydrogens (tertiary/aromatic N) is 1. The van der Waals surface area contributed by atoms with Gasteiger partial charge in [0.25, 0.3) is 5.91 Å². The number of carbonyl (C=O) groups is 4. The zero-order valence-electron chi connectivity index (χ0n) is 23.6. The molecule has 3 aromatic rings. The molecule has 42 heavy (non-hydrogen) atoms. The summed E-state index contributed by atoms with van der Waals surface area (Å²) in [5.41, 5.74) is 0.970. The Bertz CT molecular complexity index is 1380. The Morgan fingerprint density at radius 3 is 2.36 bits per heavy atom. The van der Waals surface area contributed by atoms with E-state index in [2.05, 4.69) is 10.6 Å². The van der Waals surface area contributed by atoms with Crippen LogP contribution in [-0.2, 0) is 19.1 Å². The standard InChI is InChI=1S/C30H33N3O9/c1-38-23-13-10-20(16-25(23)39-2)27(29(36)31-17-22-6-4-14-41-22)33(21-11-8-19(9-12-21)30(37)40-3)26(34)18-32-28(35)24-7-5-15-42-24/h5,7-13,15-16,22,27H,4,6,14,17-18H2,1-3H3,(H,31,36)(H,32,35)/t22-,27-/m1/s1. The summed E-state index contributed by atoms with van der Waals surface area (Å²) < 4.78 is 26.4. The van der Waals surface area contributed by atoms with E-state index in [0.29, 0.717) is 29.4 Å². The van der Waals surface area contributed by atoms with Crippen molar-refractivity contribution in [3.8, 4) is 11.5 Å². The van der Waals surface area contributed by atoms with Crippen LogP contribution in [0.25, 0.3) is 0 Å². The molecule has 2 heterocycles. The number of benzene rings is 2. The Kier molecular flexibility index (Phi) is 10.2. The van der Waals surface area contributed by atoms with Gasteiger partial charge in [0, 0.05) is 18.8 Å². The van der Waals surface area contributed by atoms with Crippen molar-refractivity contribution >= 4 is 29.4 Å². The number of methoxy groups -OCH3 is 3. The minimum Gasteiger partial charge on any atom is -0.493 e. The van der Waals surface area contributed by atoms with Crippen LogP contribution in [0, 0.1) is 0 Å². The first-order valence-corrected chi connectivity index (χ1v) is 13.3. The van der Waals surface area contributed by atoms with E-state index in [1.165, 1.54) is 62.8 Å². The molecule has 0 saturated carbocycles. The Morgan fingerprint density at radius 1 is 0.976 bits per heavy atom. The summed E-state index contributed by atoms with van der Waals surface area (Å²) in [6.07, 6.45) is 2.90. The van der Waals surface area contributed by atoms with Crippen LogP contribution >= 0.6 is 0 Å². The summed E-state index contributed by atoms with van der Waals surface area (Å²) in [5, 5.41) is 5.46. The molecule has 1 fully saturated rings. The van der Waals surface area contributed by atoms with Crippen molar-refractivity contribution < 1.29 is 42.5 Å². The molecule has 2 atom stereocenters. The first-order valence-electron chi connectivity index (χ1n) is 13.3. The van der Waals surface area contributed by atoms with Crippen molar-refractivity contribution in [3.63, 3.8) is 0 Å². The smallest absolute Gasteiger partial charge is 0.337 e. The van der Waals surface area contributed by atoms with Gasteiger partial charge in [-0.25, -0.2) is 4.79 Å². The number of anilines is 1. The number of hydrogen-bond acceptors (Lipinski definition) is 9. The van der Waals surface area contributed by atoms with Crippen molar-refractivity contribution in [1.29, 1.82) is 0 Å². The van der Waals surface area contributed by atoms with Crippen LogP contribution in [0.1, 0.15) is 45.4 Å². The number of hydrogen-bond donors (Lipinski definition) is 2. The normalized spacial score (nSPS) is 14.9. The van der Waals surface area contributed by atoms with E-state index in [1.807, 2.05) is 0 Å². The van der Waals surface area contributed by atoms with E-state index < -0.39 is 36.3 Å². The summed E-state index contributed by atoms with van der Waals surface area (Å²) in [5.74, 6) is -1.43. The third kappa shape index (κ3) is 7.07. The number of esters is 1. The second-order valence-corrected chi connectivity index (χ2v) is 9.36. The Balaban J connectivity index is 1.74. The van der Waals surface area contributed by atoms with Gasteiger partial charge in [-0.15, -0.1) is 0 Å². The first-order chi connectivity index (χ1) is 20.4. The Morgan fingerprint density at radius 2 is 1.74 bits per heavy atom. The van der Waals surface area contributed by atoms with Crippen molar-refractivity contribution in [1.82, 2.24) is 10.6 Å². The number of carbonyl (C=O) groups excluding carboxylic acids is 4. The fourth-order valence-electron chi connectivity index (χ4n) is 4.61. The van der Waals surface area contributed by atoms with Crippen LogP contribution in [0.3, 0.4) is 0 Å². The predicted octanol–water partition coefficient (Wildman–Crippen LogP) is 2.88. The summed E-state index contributed by atoms with van der Waals surface area (Å²) in [7, 11) is 4.22. The summed E-state index contributed by atoms with van der Waals surface area (Å²) in [6.45, 7) is 0.411. The highest BCUT2D eigenvalue weighted by Crippen LogP contribution is 2.34. The van der Waals surface area contributed by atoms with E-state index >= 15 is 0 Å². The lowest BCUT2D eigenvalue weighted by molar-refractivity contribution is -0.126. The maximum atomic E-state index is 13.9. The lowest BCUT2D eigenvalue weighted by atomic mass is 10.0. The molecule has 3 amide bonds. The fraction of sp³-hybridized carbons (Fsp3) is 0.333. The largest absolute Gasteiger partial charge is 0.493 e. The van der Waals surface area contributed by atoms with Gasteiger partial charge in [0.1, 0.15) is 6.04 Å². The van der Waals surface area contributed by atoms with Gasteiger partial charge in [0.15, 0.2) is 17.3 Å². The van der Waals surface area contributed by atoms with Crippen LogP contribution in [0.4, 0.5) is 5.69 Å². The molecular formula is C30H33N3O9. The molecule has 12 nitrogen and oxygen atoms in total. The number of amides is 3. The maximum absolute atomic E-state index is 13.9. The molecule has 222 valence electrons. The molecule has 1 saturated heterocycles. The van der Waals surface area contributed by atoms with E-state index in [9.17, 15) is 19.2 Å². The number of ether oxygens (including phenoxy) is 4. The average Bonchev–Trinajstić information content (AvgIpc) is 3.76. The number of nitrogens with one attached hydrogen (secondary N) is 2. The van der Waals surface area contributed by atoms with Crippen molar-refractivity contribution in [2.24, 2.45) is 0 Å². The molecule has 4 rings (SSSR count). The lowest BCUT2D eigenvalue weighted by Gasteiger charge is -2.32. The van der Waals surface area contributed by atoms with Crippen LogP contribution in [-0.4, -0.2) is 70.8 Å². The van der Waals surface area contributed by atoms with Gasteiger partial charge in [-0.1, -0.05) is 6.07 Å². The highest BCUT2D eigenvalue weighted by Gasteiger charge is 2.34. The zero-order chi connectivity index (χ0) is 30.1. The van der Waals surface area contributed by atoms with Crippen LogP contribution < -0.4 is 25.0 Å². The maximum Gasteiger partial charge on any atom is 0.337 e. The molecule has 0 bridgehead atoms. The molecule has 0 aliphatic carbocycles. The minimum atomic E-state index is -1.21. The van der Waals surface area contributed by atoms with Crippen molar-refractivity contribution in [2.75, 3.05) is 45.9 Å². The zero-order valence-corrected chi connectivity index (χ0v) is 23.6. The molecule has 2 aromatic carbocycles.